The van der Waals surface area contributed by atoms with Gasteiger partial charge >= 0.3 is 0 Å². The summed E-state index contributed by atoms with van der Waals surface area (Å²) in [5.41, 5.74) is 2.22. The number of hydrogen-bond donors (Lipinski definition) is 10. The molecule has 2 aliphatic heterocycles. The van der Waals surface area contributed by atoms with Gasteiger partial charge in [0.15, 0.2) is 12.5 Å². The molecule has 2 saturated heterocycles. The number of ether oxygens (including phenoxy) is 2. The van der Waals surface area contributed by atoms with Gasteiger partial charge < -0.3 is 61.0 Å². The summed E-state index contributed by atoms with van der Waals surface area (Å²) in [6.07, 6.45) is -13.0. The minimum atomic E-state index is -1.50. The van der Waals surface area contributed by atoms with Crippen LogP contribution < -0.4 is 10.6 Å². The maximum atomic E-state index is 10.3. The molecule has 1 aromatic heterocycles. The molecule has 5 rings (SSSR count). The monoisotopic (exact) mass is 533 g/mol. The van der Waals surface area contributed by atoms with Crippen molar-refractivity contribution in [2.45, 2.75) is 61.3 Å². The zero-order valence-corrected chi connectivity index (χ0v) is 20.1. The van der Waals surface area contributed by atoms with Gasteiger partial charge in [0.05, 0.1) is 24.2 Å². The Morgan fingerprint density at radius 2 is 1.00 bits per heavy atom. The molecule has 10 unspecified atom stereocenters. The third-order valence-corrected chi connectivity index (χ3v) is 7.02. The molecule has 13 nitrogen and oxygen atoms in total. The molecular weight excluding hydrogens is 502 g/mol. The summed E-state index contributed by atoms with van der Waals surface area (Å²) in [5, 5.41) is 87.0. The minimum absolute atomic E-state index is 0.518. The fraction of sp³-hybridized carbons (Fsp3) is 0.480. The Morgan fingerprint density at radius 1 is 0.579 bits per heavy atom. The van der Waals surface area contributed by atoms with Crippen LogP contribution >= 0.6 is 0 Å². The smallest absolute Gasteiger partial charge is 0.157 e. The molecule has 0 saturated carbocycles. The van der Waals surface area contributed by atoms with Gasteiger partial charge in [-0.1, -0.05) is 12.1 Å². The standard InChI is InChI=1S/C25H31N3O10/c29-8-16-18(31)20(33)22(35)24(37-16)26-12-3-1-10-5-11-2-4-13(7-15(11)28-14(10)6-12)27-25-23(36)21(34)19(32)17(9-30)38-25/h1-7,16-27,29-36H,8-9H2. The molecule has 2 aliphatic rings. The maximum Gasteiger partial charge on any atom is 0.157 e. The van der Waals surface area contributed by atoms with Crippen LogP contribution in [0.4, 0.5) is 11.4 Å². The van der Waals surface area contributed by atoms with E-state index in [1.54, 1.807) is 24.3 Å². The highest BCUT2D eigenvalue weighted by Gasteiger charge is 2.44. The van der Waals surface area contributed by atoms with Gasteiger partial charge in [-0.3, -0.25) is 0 Å². The third kappa shape index (κ3) is 5.01. The van der Waals surface area contributed by atoms with Gasteiger partial charge in [-0.05, 0) is 30.3 Å². The fourth-order valence-corrected chi connectivity index (χ4v) is 4.77. The van der Waals surface area contributed by atoms with E-state index in [0.717, 1.165) is 10.8 Å². The van der Waals surface area contributed by atoms with E-state index in [-0.39, 0.29) is 0 Å². The van der Waals surface area contributed by atoms with Gasteiger partial charge in [0, 0.05) is 22.1 Å². The number of nitrogens with one attached hydrogen (secondary N) is 2. The Kier molecular flexibility index (Phi) is 7.66. The molecular formula is C25H31N3O10. The fourth-order valence-electron chi connectivity index (χ4n) is 4.77. The second kappa shape index (κ2) is 10.8. The van der Waals surface area contributed by atoms with E-state index in [2.05, 4.69) is 10.6 Å². The second-order valence-electron chi connectivity index (χ2n) is 9.59. The van der Waals surface area contributed by atoms with Crippen LogP contribution in [-0.4, -0.2) is 120 Å². The zero-order valence-electron chi connectivity index (χ0n) is 20.1. The lowest BCUT2D eigenvalue weighted by Gasteiger charge is -2.40. The van der Waals surface area contributed by atoms with E-state index in [1.165, 1.54) is 0 Å². The van der Waals surface area contributed by atoms with Crippen molar-refractivity contribution in [1.29, 1.82) is 0 Å². The summed E-state index contributed by atoms with van der Waals surface area (Å²) >= 11 is 0. The van der Waals surface area contributed by atoms with Crippen molar-refractivity contribution in [1.82, 2.24) is 4.98 Å². The van der Waals surface area contributed by atoms with Crippen LogP contribution in [0.1, 0.15) is 0 Å². The molecule has 3 aromatic rings. The summed E-state index contributed by atoms with van der Waals surface area (Å²) in [5.74, 6) is 0. The molecule has 13 heteroatoms. The van der Waals surface area contributed by atoms with Crippen LogP contribution in [0.15, 0.2) is 42.5 Å². The summed E-state index contributed by atoms with van der Waals surface area (Å²) in [4.78, 5) is 4.69. The maximum absolute atomic E-state index is 10.3. The summed E-state index contributed by atoms with van der Waals surface area (Å²) in [6.45, 7) is -1.07. The van der Waals surface area contributed by atoms with Crippen LogP contribution in [0.25, 0.3) is 21.8 Å². The van der Waals surface area contributed by atoms with E-state index in [1.807, 2.05) is 18.2 Å². The molecule has 38 heavy (non-hydrogen) atoms. The lowest BCUT2D eigenvalue weighted by atomic mass is 9.98. The molecule has 2 fully saturated rings. The Morgan fingerprint density at radius 3 is 1.39 bits per heavy atom. The first-order chi connectivity index (χ1) is 18.2. The summed E-state index contributed by atoms with van der Waals surface area (Å²) in [7, 11) is 0. The van der Waals surface area contributed by atoms with Crippen LogP contribution in [0.3, 0.4) is 0 Å². The predicted molar refractivity (Wildman–Crippen MR) is 134 cm³/mol. The SMILES string of the molecule is OCC1OC(Nc2ccc3cc4ccc(NC5OC(CO)C(O)C(O)C5O)cc4nc3c2)C(O)C(O)C1O. The average molecular weight is 534 g/mol. The number of hydrogen-bond acceptors (Lipinski definition) is 13. The molecule has 0 spiro atoms. The van der Waals surface area contributed by atoms with E-state index >= 15 is 0 Å². The highest BCUT2D eigenvalue weighted by atomic mass is 16.6. The molecule has 2 aromatic carbocycles. The van der Waals surface area contributed by atoms with Crippen molar-refractivity contribution in [3.63, 3.8) is 0 Å². The predicted octanol–water partition coefficient (Wildman–Crippen LogP) is -2.19. The number of rotatable bonds is 6. The molecule has 10 N–H and O–H groups in total. The third-order valence-electron chi connectivity index (χ3n) is 7.02. The number of fused-ring (bicyclic) bond motifs is 2. The lowest BCUT2D eigenvalue weighted by molar-refractivity contribution is -0.221. The molecule has 10 atom stereocenters. The number of aliphatic hydroxyl groups is 8. The Bertz CT molecular complexity index is 1180. The van der Waals surface area contributed by atoms with Crippen LogP contribution in [-0.2, 0) is 9.47 Å². The highest BCUT2D eigenvalue weighted by molar-refractivity contribution is 5.95. The van der Waals surface area contributed by atoms with Gasteiger partial charge in [-0.2, -0.15) is 0 Å². The first-order valence-corrected chi connectivity index (χ1v) is 12.2. The average Bonchev–Trinajstić information content (AvgIpc) is 2.92. The van der Waals surface area contributed by atoms with Crippen molar-refractivity contribution in [3.8, 4) is 0 Å². The molecule has 3 heterocycles. The molecule has 0 radical (unpaired) electrons. The highest BCUT2D eigenvalue weighted by Crippen LogP contribution is 2.29. The number of benzene rings is 2. The zero-order chi connectivity index (χ0) is 27.1. The van der Waals surface area contributed by atoms with Crippen molar-refractivity contribution in [2.24, 2.45) is 0 Å². The largest absolute Gasteiger partial charge is 0.394 e. The molecule has 206 valence electrons. The van der Waals surface area contributed by atoms with Crippen molar-refractivity contribution >= 4 is 33.2 Å². The molecule has 0 bridgehead atoms. The molecule has 0 amide bonds. The van der Waals surface area contributed by atoms with E-state index < -0.39 is 74.5 Å². The minimum Gasteiger partial charge on any atom is -0.394 e. The second-order valence-corrected chi connectivity index (χ2v) is 9.59. The van der Waals surface area contributed by atoms with Gasteiger partial charge in [-0.25, -0.2) is 4.98 Å². The van der Waals surface area contributed by atoms with E-state index in [0.29, 0.717) is 22.4 Å². The van der Waals surface area contributed by atoms with Crippen molar-refractivity contribution < 1.29 is 50.3 Å². The number of anilines is 2. The number of aromatic nitrogens is 1. The van der Waals surface area contributed by atoms with Crippen molar-refractivity contribution in [3.05, 3.63) is 42.5 Å². The van der Waals surface area contributed by atoms with Crippen molar-refractivity contribution in [2.75, 3.05) is 23.8 Å². The summed E-state index contributed by atoms with van der Waals surface area (Å²) in [6, 6.07) is 12.5. The topological polar surface area (TPSA) is 217 Å². The van der Waals surface area contributed by atoms with Gasteiger partial charge in [0.25, 0.3) is 0 Å². The van der Waals surface area contributed by atoms with E-state index in [4.69, 9.17) is 14.5 Å². The van der Waals surface area contributed by atoms with Gasteiger partial charge in [0.1, 0.15) is 48.8 Å². The van der Waals surface area contributed by atoms with Crippen LogP contribution in [0.2, 0.25) is 0 Å². The Labute approximate surface area is 216 Å². The van der Waals surface area contributed by atoms with Crippen LogP contribution in [0.5, 0.6) is 0 Å². The van der Waals surface area contributed by atoms with Gasteiger partial charge in [0.2, 0.25) is 0 Å². The Hall–Kier alpha value is -2.69. The quantitative estimate of drug-likeness (QED) is 0.153. The number of nitrogens with zero attached hydrogens (tertiary/aromatic N) is 1. The Balaban J connectivity index is 1.37. The van der Waals surface area contributed by atoms with Crippen LogP contribution in [0, 0.1) is 0 Å². The molecule has 0 aliphatic carbocycles. The number of pyridine rings is 1. The summed E-state index contributed by atoms with van der Waals surface area (Å²) < 4.78 is 11.0. The normalized spacial score (nSPS) is 35.9. The first kappa shape index (κ1) is 26.9. The van der Waals surface area contributed by atoms with Gasteiger partial charge in [-0.15, -0.1) is 0 Å². The number of aliphatic hydroxyl groups excluding tert-OH is 8. The lowest BCUT2D eigenvalue weighted by Crippen LogP contribution is -2.60. The van der Waals surface area contributed by atoms with E-state index in [9.17, 15) is 40.9 Å². The first-order valence-electron chi connectivity index (χ1n) is 12.2.